The number of aliphatic carboxylic acids is 1. The van der Waals surface area contributed by atoms with E-state index < -0.39 is 12.0 Å². The number of aromatic nitrogens is 2. The first kappa shape index (κ1) is 25.8. The van der Waals surface area contributed by atoms with Crippen LogP contribution in [0.5, 0.6) is 0 Å². The first-order valence-corrected chi connectivity index (χ1v) is 13.5. The SMILES string of the molecule is O=C(O)C[C@@H](CCc1c[nH]c2ccccc12)NC(=O)CN1CCC(CCc2ccc3c(n2)NCCC3)C1=O. The molecular formula is C29H35N5O4. The van der Waals surface area contributed by atoms with Crippen LogP contribution in [0, 0.1) is 5.92 Å². The van der Waals surface area contributed by atoms with Crippen LogP contribution in [0.3, 0.4) is 0 Å². The van der Waals surface area contributed by atoms with E-state index >= 15 is 0 Å². The van der Waals surface area contributed by atoms with Crippen LogP contribution in [-0.2, 0) is 33.6 Å². The van der Waals surface area contributed by atoms with Crippen LogP contribution in [0.15, 0.2) is 42.6 Å². The van der Waals surface area contributed by atoms with Crippen LogP contribution in [-0.4, -0.2) is 63.4 Å². The third-order valence-corrected chi connectivity index (χ3v) is 7.67. The van der Waals surface area contributed by atoms with Crippen LogP contribution in [0.25, 0.3) is 10.9 Å². The van der Waals surface area contributed by atoms with E-state index in [-0.39, 0.29) is 30.7 Å². The molecule has 1 saturated heterocycles. The van der Waals surface area contributed by atoms with Gasteiger partial charge < -0.3 is 25.6 Å². The topological polar surface area (TPSA) is 127 Å². The molecule has 9 heteroatoms. The molecule has 0 bridgehead atoms. The predicted octanol–water partition coefficient (Wildman–Crippen LogP) is 3.29. The number of benzene rings is 1. The van der Waals surface area contributed by atoms with Gasteiger partial charge >= 0.3 is 5.97 Å². The molecule has 4 heterocycles. The number of aromatic amines is 1. The summed E-state index contributed by atoms with van der Waals surface area (Å²) in [5, 5.41) is 16.7. The van der Waals surface area contributed by atoms with Crippen molar-refractivity contribution in [1.82, 2.24) is 20.2 Å². The second kappa shape index (κ2) is 11.7. The lowest BCUT2D eigenvalue weighted by Gasteiger charge is -2.21. The smallest absolute Gasteiger partial charge is 0.305 e. The molecule has 2 amide bonds. The Bertz CT molecular complexity index is 1320. The molecule has 1 unspecified atom stereocenters. The molecule has 1 fully saturated rings. The van der Waals surface area contributed by atoms with Gasteiger partial charge in [0.05, 0.1) is 13.0 Å². The van der Waals surface area contributed by atoms with Gasteiger partial charge in [0, 0.05) is 47.8 Å². The average molecular weight is 518 g/mol. The molecule has 2 aromatic heterocycles. The highest BCUT2D eigenvalue weighted by atomic mass is 16.4. The number of hydrogen-bond acceptors (Lipinski definition) is 5. The third-order valence-electron chi connectivity index (χ3n) is 7.67. The van der Waals surface area contributed by atoms with Crippen molar-refractivity contribution in [3.8, 4) is 0 Å². The number of aryl methyl sites for hydroxylation is 3. The zero-order chi connectivity index (χ0) is 26.5. The van der Waals surface area contributed by atoms with Gasteiger partial charge in [-0.3, -0.25) is 14.4 Å². The molecule has 4 N–H and O–H groups in total. The number of anilines is 1. The number of nitrogens with zero attached hydrogens (tertiary/aromatic N) is 2. The van der Waals surface area contributed by atoms with Gasteiger partial charge in [-0.2, -0.15) is 0 Å². The van der Waals surface area contributed by atoms with Crippen LogP contribution in [0.1, 0.15) is 48.9 Å². The van der Waals surface area contributed by atoms with Crippen molar-refractivity contribution in [3.63, 3.8) is 0 Å². The number of carboxylic acid groups (broad SMARTS) is 1. The Hall–Kier alpha value is -3.88. The normalized spacial score (nSPS) is 17.7. The molecule has 5 rings (SSSR count). The van der Waals surface area contributed by atoms with Crippen molar-refractivity contribution in [2.75, 3.05) is 25.0 Å². The van der Waals surface area contributed by atoms with Crippen LogP contribution >= 0.6 is 0 Å². The molecule has 0 spiro atoms. The molecule has 2 aliphatic rings. The number of amides is 2. The van der Waals surface area contributed by atoms with Gasteiger partial charge in [-0.1, -0.05) is 24.3 Å². The van der Waals surface area contributed by atoms with E-state index in [1.807, 2.05) is 30.5 Å². The van der Waals surface area contributed by atoms with E-state index in [1.165, 1.54) is 5.56 Å². The molecular weight excluding hydrogens is 482 g/mol. The van der Waals surface area contributed by atoms with Crippen LogP contribution in [0.4, 0.5) is 5.82 Å². The second-order valence-electron chi connectivity index (χ2n) is 10.4. The van der Waals surface area contributed by atoms with Crippen molar-refractivity contribution < 1.29 is 19.5 Å². The van der Waals surface area contributed by atoms with Crippen molar-refractivity contribution in [2.45, 2.75) is 57.4 Å². The summed E-state index contributed by atoms with van der Waals surface area (Å²) in [6, 6.07) is 11.6. The predicted molar refractivity (Wildman–Crippen MR) is 145 cm³/mol. The Morgan fingerprint density at radius 1 is 1.18 bits per heavy atom. The summed E-state index contributed by atoms with van der Waals surface area (Å²) in [4.78, 5) is 46.8. The first-order chi connectivity index (χ1) is 18.5. The summed E-state index contributed by atoms with van der Waals surface area (Å²) in [7, 11) is 0. The van der Waals surface area contributed by atoms with E-state index in [1.54, 1.807) is 4.90 Å². The standard InChI is InChI=1S/C29H35N5O4/c35-26(32-23(16-27(36)37)12-9-21-17-31-25-6-2-1-5-24(21)25)18-34-15-13-20(29(34)38)8-11-22-10-7-19-4-3-14-30-28(19)33-22/h1-2,5-7,10,17,20,23,31H,3-4,8-9,11-16,18H2,(H,30,33)(H,32,35)(H,36,37)/t20?,23-/m1/s1. The van der Waals surface area contributed by atoms with Crippen molar-refractivity contribution in [3.05, 3.63) is 59.4 Å². The number of carbonyl (C=O) groups excluding carboxylic acids is 2. The number of carbonyl (C=O) groups is 3. The van der Waals surface area contributed by atoms with E-state index in [4.69, 9.17) is 4.98 Å². The number of carboxylic acids is 1. The molecule has 0 saturated carbocycles. The molecule has 38 heavy (non-hydrogen) atoms. The summed E-state index contributed by atoms with van der Waals surface area (Å²) in [6.45, 7) is 1.44. The second-order valence-corrected chi connectivity index (χ2v) is 10.4. The van der Waals surface area contributed by atoms with Gasteiger partial charge in [0.25, 0.3) is 0 Å². The minimum absolute atomic E-state index is 0.00943. The number of rotatable bonds is 11. The molecule has 2 aliphatic heterocycles. The number of likely N-dealkylation sites (tertiary alicyclic amines) is 1. The summed E-state index contributed by atoms with van der Waals surface area (Å²) in [6.07, 6.45) is 7.22. The van der Waals surface area contributed by atoms with Crippen molar-refractivity contribution in [2.24, 2.45) is 5.92 Å². The van der Waals surface area contributed by atoms with Crippen LogP contribution in [0.2, 0.25) is 0 Å². The lowest BCUT2D eigenvalue weighted by Crippen LogP contribution is -2.44. The van der Waals surface area contributed by atoms with E-state index in [0.29, 0.717) is 32.2 Å². The fourth-order valence-corrected chi connectivity index (χ4v) is 5.61. The molecule has 0 aliphatic carbocycles. The monoisotopic (exact) mass is 517 g/mol. The molecule has 3 aromatic rings. The number of fused-ring (bicyclic) bond motifs is 2. The van der Waals surface area contributed by atoms with Gasteiger partial charge in [0.2, 0.25) is 11.8 Å². The Morgan fingerprint density at radius 3 is 2.92 bits per heavy atom. The maximum atomic E-state index is 13.0. The van der Waals surface area contributed by atoms with E-state index in [9.17, 15) is 19.5 Å². The zero-order valence-electron chi connectivity index (χ0n) is 21.5. The van der Waals surface area contributed by atoms with Crippen molar-refractivity contribution >= 4 is 34.5 Å². The number of pyridine rings is 1. The quantitative estimate of drug-likeness (QED) is 0.309. The first-order valence-electron chi connectivity index (χ1n) is 13.5. The largest absolute Gasteiger partial charge is 0.481 e. The summed E-state index contributed by atoms with van der Waals surface area (Å²) >= 11 is 0. The maximum Gasteiger partial charge on any atom is 0.305 e. The number of hydrogen-bond donors (Lipinski definition) is 4. The van der Waals surface area contributed by atoms with Gasteiger partial charge in [-0.25, -0.2) is 4.98 Å². The summed E-state index contributed by atoms with van der Waals surface area (Å²) < 4.78 is 0. The minimum atomic E-state index is -0.961. The van der Waals surface area contributed by atoms with Gasteiger partial charge in [-0.15, -0.1) is 0 Å². The lowest BCUT2D eigenvalue weighted by molar-refractivity contribution is -0.138. The molecule has 200 valence electrons. The van der Waals surface area contributed by atoms with E-state index in [0.717, 1.165) is 53.8 Å². The zero-order valence-corrected chi connectivity index (χ0v) is 21.5. The third kappa shape index (κ3) is 6.15. The molecule has 2 atom stereocenters. The lowest BCUT2D eigenvalue weighted by atomic mass is 9.99. The fraction of sp³-hybridized carbons (Fsp3) is 0.448. The maximum absolute atomic E-state index is 13.0. The van der Waals surface area contributed by atoms with Gasteiger partial charge in [0.1, 0.15) is 5.82 Å². The average Bonchev–Trinajstić information content (AvgIpc) is 3.48. The molecule has 9 nitrogen and oxygen atoms in total. The summed E-state index contributed by atoms with van der Waals surface area (Å²) in [5.41, 5.74) is 4.35. The number of para-hydroxylation sites is 1. The highest BCUT2D eigenvalue weighted by Gasteiger charge is 2.32. The number of nitrogens with one attached hydrogen (secondary N) is 3. The van der Waals surface area contributed by atoms with Gasteiger partial charge in [0.15, 0.2) is 0 Å². The Kier molecular flexibility index (Phi) is 7.91. The van der Waals surface area contributed by atoms with E-state index in [2.05, 4.69) is 27.8 Å². The minimum Gasteiger partial charge on any atom is -0.481 e. The molecule has 0 radical (unpaired) electrons. The Labute approximate surface area is 222 Å². The number of H-pyrrole nitrogens is 1. The highest BCUT2D eigenvalue weighted by molar-refractivity contribution is 5.87. The van der Waals surface area contributed by atoms with Crippen molar-refractivity contribution in [1.29, 1.82) is 0 Å². The molecule has 1 aromatic carbocycles. The van der Waals surface area contributed by atoms with Gasteiger partial charge in [-0.05, 0) is 68.2 Å². The fourth-order valence-electron chi connectivity index (χ4n) is 5.61. The Morgan fingerprint density at radius 2 is 2.05 bits per heavy atom. The summed E-state index contributed by atoms with van der Waals surface area (Å²) in [5.74, 6) is -0.440. The van der Waals surface area contributed by atoms with Crippen LogP contribution < -0.4 is 10.6 Å². The highest BCUT2D eigenvalue weighted by Crippen LogP contribution is 2.25. The Balaban J connectivity index is 1.11.